The minimum atomic E-state index is 0.0691. The molecule has 3 aromatic rings. The normalized spacial score (nSPS) is 12.7. The molecular weight excluding hydrogens is 314 g/mol. The first-order valence-electron chi connectivity index (χ1n) is 7.50. The molecule has 3 aromatic heterocycles. The number of fused-ring (bicyclic) bond motifs is 1. The lowest BCUT2D eigenvalue weighted by molar-refractivity contribution is 0.518. The molecular formula is C16H20ClN5O. The van der Waals surface area contributed by atoms with Crippen LogP contribution in [0, 0.1) is 6.92 Å². The number of halogens is 1. The van der Waals surface area contributed by atoms with Crippen LogP contribution >= 0.6 is 11.6 Å². The van der Waals surface area contributed by atoms with Crippen LogP contribution < -0.4 is 11.1 Å². The third-order valence-corrected chi connectivity index (χ3v) is 4.09. The van der Waals surface area contributed by atoms with E-state index in [1.54, 1.807) is 6.26 Å². The average Bonchev–Trinajstić information content (AvgIpc) is 3.08. The fourth-order valence-corrected chi connectivity index (χ4v) is 3.01. The van der Waals surface area contributed by atoms with Gasteiger partial charge in [0, 0.05) is 25.2 Å². The molecule has 0 aromatic carbocycles. The Bertz CT molecular complexity index is 823. The molecule has 0 saturated carbocycles. The largest absolute Gasteiger partial charge is 0.467 e. The van der Waals surface area contributed by atoms with Gasteiger partial charge in [0.15, 0.2) is 0 Å². The Kier molecular flexibility index (Phi) is 4.28. The summed E-state index contributed by atoms with van der Waals surface area (Å²) in [6.07, 6.45) is 2.42. The van der Waals surface area contributed by atoms with Crippen LogP contribution in [0.5, 0.6) is 0 Å². The number of anilines is 1. The maximum absolute atomic E-state index is 6.10. The van der Waals surface area contributed by atoms with Crippen LogP contribution in [0.15, 0.2) is 22.8 Å². The molecule has 0 fully saturated rings. The minimum Gasteiger partial charge on any atom is -0.467 e. The predicted octanol–water partition coefficient (Wildman–Crippen LogP) is 3.02. The first-order valence-corrected chi connectivity index (χ1v) is 7.88. The summed E-state index contributed by atoms with van der Waals surface area (Å²) in [5.41, 5.74) is 9.05. The zero-order valence-corrected chi connectivity index (χ0v) is 14.2. The van der Waals surface area contributed by atoms with Crippen LogP contribution in [-0.4, -0.2) is 20.6 Å². The van der Waals surface area contributed by atoms with Crippen molar-refractivity contribution >= 4 is 28.5 Å². The van der Waals surface area contributed by atoms with Gasteiger partial charge in [0.25, 0.3) is 0 Å². The smallest absolute Gasteiger partial charge is 0.226 e. The molecule has 0 aliphatic carbocycles. The fourth-order valence-electron chi connectivity index (χ4n) is 2.84. The van der Waals surface area contributed by atoms with Gasteiger partial charge in [-0.2, -0.15) is 4.98 Å². The summed E-state index contributed by atoms with van der Waals surface area (Å²) in [5, 5.41) is 4.48. The van der Waals surface area contributed by atoms with Crippen LogP contribution in [0.3, 0.4) is 0 Å². The van der Waals surface area contributed by atoms with Crippen LogP contribution in [0.25, 0.3) is 11.0 Å². The van der Waals surface area contributed by atoms with E-state index in [1.165, 1.54) is 0 Å². The van der Waals surface area contributed by atoms with E-state index >= 15 is 0 Å². The van der Waals surface area contributed by atoms with E-state index in [4.69, 9.17) is 21.8 Å². The van der Waals surface area contributed by atoms with Gasteiger partial charge in [0.2, 0.25) is 5.28 Å². The van der Waals surface area contributed by atoms with E-state index in [9.17, 15) is 0 Å². The van der Waals surface area contributed by atoms with Gasteiger partial charge in [0.1, 0.15) is 17.2 Å². The van der Waals surface area contributed by atoms with E-state index in [-0.39, 0.29) is 11.3 Å². The number of hydrogen-bond donors (Lipinski definition) is 2. The molecule has 0 aliphatic heterocycles. The zero-order valence-electron chi connectivity index (χ0n) is 13.4. The van der Waals surface area contributed by atoms with Crippen LogP contribution in [-0.2, 0) is 20.0 Å². The van der Waals surface area contributed by atoms with E-state index in [0.717, 1.165) is 34.5 Å². The van der Waals surface area contributed by atoms with Crippen molar-refractivity contribution < 1.29 is 4.42 Å². The fraction of sp³-hybridized carbons (Fsp3) is 0.375. The number of hydrogen-bond acceptors (Lipinski definition) is 5. The first kappa shape index (κ1) is 15.8. The van der Waals surface area contributed by atoms with E-state index in [0.29, 0.717) is 12.4 Å². The maximum Gasteiger partial charge on any atom is 0.226 e. The lowest BCUT2D eigenvalue weighted by Crippen LogP contribution is -2.20. The second-order valence-electron chi connectivity index (χ2n) is 5.78. The number of rotatable bonds is 5. The lowest BCUT2D eigenvalue weighted by Gasteiger charge is -2.07. The van der Waals surface area contributed by atoms with Crippen molar-refractivity contribution in [1.29, 1.82) is 0 Å². The minimum absolute atomic E-state index is 0.0691. The molecule has 0 saturated heterocycles. The van der Waals surface area contributed by atoms with Gasteiger partial charge in [-0.15, -0.1) is 0 Å². The summed E-state index contributed by atoms with van der Waals surface area (Å²) in [5.74, 6) is 1.54. The molecule has 122 valence electrons. The Morgan fingerprint density at radius 1 is 1.43 bits per heavy atom. The van der Waals surface area contributed by atoms with Crippen molar-refractivity contribution in [3.8, 4) is 0 Å². The summed E-state index contributed by atoms with van der Waals surface area (Å²) in [6, 6.07) is 3.83. The van der Waals surface area contributed by atoms with E-state index in [1.807, 2.05) is 30.7 Å². The zero-order chi connectivity index (χ0) is 16.6. The molecule has 23 heavy (non-hydrogen) atoms. The number of furan rings is 1. The van der Waals surface area contributed by atoms with Crippen molar-refractivity contribution in [2.45, 2.75) is 32.9 Å². The predicted molar refractivity (Wildman–Crippen MR) is 91.6 cm³/mol. The number of nitrogens with one attached hydrogen (secondary N) is 1. The number of aromatic nitrogens is 3. The molecule has 3 N–H and O–H groups in total. The topological polar surface area (TPSA) is 81.9 Å². The summed E-state index contributed by atoms with van der Waals surface area (Å²) in [7, 11) is 1.98. The highest BCUT2D eigenvalue weighted by Crippen LogP contribution is 2.30. The second-order valence-corrected chi connectivity index (χ2v) is 6.12. The first-order chi connectivity index (χ1) is 11.0. The van der Waals surface area contributed by atoms with Crippen LogP contribution in [0.2, 0.25) is 5.28 Å². The monoisotopic (exact) mass is 333 g/mol. The standard InChI is InChI=1S/C16H20ClN5O/c1-9(18)7-12-10(2)13-14(19-8-11-5-4-6-23-11)20-16(17)21-15(13)22(12)3/h4-6,9H,7-8,18H2,1-3H3,(H,19,20,21)/t9-/m0/s1. The van der Waals surface area contributed by atoms with Gasteiger partial charge in [-0.1, -0.05) is 0 Å². The van der Waals surface area contributed by atoms with Crippen molar-refractivity contribution in [3.63, 3.8) is 0 Å². The molecule has 0 amide bonds. The van der Waals surface area contributed by atoms with Crippen molar-refractivity contribution in [2.24, 2.45) is 12.8 Å². The second kappa shape index (κ2) is 6.22. The molecule has 0 radical (unpaired) electrons. The molecule has 0 unspecified atom stereocenters. The molecule has 7 heteroatoms. The number of aryl methyl sites for hydroxylation is 2. The maximum atomic E-state index is 6.10. The Balaban J connectivity index is 2.06. The van der Waals surface area contributed by atoms with E-state index < -0.39 is 0 Å². The van der Waals surface area contributed by atoms with Gasteiger partial charge >= 0.3 is 0 Å². The molecule has 0 spiro atoms. The van der Waals surface area contributed by atoms with Crippen molar-refractivity contribution in [1.82, 2.24) is 14.5 Å². The number of nitrogens with zero attached hydrogens (tertiary/aromatic N) is 3. The summed E-state index contributed by atoms with van der Waals surface area (Å²) in [6.45, 7) is 4.59. The molecule has 0 bridgehead atoms. The van der Waals surface area contributed by atoms with Crippen molar-refractivity contribution in [3.05, 3.63) is 40.7 Å². The quantitative estimate of drug-likeness (QED) is 0.701. The van der Waals surface area contributed by atoms with Gasteiger partial charge in [-0.25, -0.2) is 4.98 Å². The third kappa shape index (κ3) is 3.04. The average molecular weight is 334 g/mol. The van der Waals surface area contributed by atoms with Gasteiger partial charge in [-0.05, 0) is 43.1 Å². The Labute approximate surface area is 139 Å². The van der Waals surface area contributed by atoms with Crippen molar-refractivity contribution in [2.75, 3.05) is 5.32 Å². The van der Waals surface area contributed by atoms with Gasteiger partial charge in [0.05, 0.1) is 18.2 Å². The lowest BCUT2D eigenvalue weighted by atomic mass is 10.1. The highest BCUT2D eigenvalue weighted by Gasteiger charge is 2.19. The molecule has 1 atom stereocenters. The van der Waals surface area contributed by atoms with Crippen LogP contribution in [0.1, 0.15) is 23.9 Å². The molecule has 6 nitrogen and oxygen atoms in total. The molecule has 3 heterocycles. The Hall–Kier alpha value is -2.05. The third-order valence-electron chi connectivity index (χ3n) is 3.92. The summed E-state index contributed by atoms with van der Waals surface area (Å²) >= 11 is 6.10. The summed E-state index contributed by atoms with van der Waals surface area (Å²) < 4.78 is 7.39. The number of nitrogens with two attached hydrogens (primary N) is 1. The Morgan fingerprint density at radius 3 is 2.87 bits per heavy atom. The van der Waals surface area contributed by atoms with Crippen LogP contribution in [0.4, 0.5) is 5.82 Å². The highest BCUT2D eigenvalue weighted by molar-refractivity contribution is 6.28. The Morgan fingerprint density at radius 2 is 2.22 bits per heavy atom. The molecule has 0 aliphatic rings. The van der Waals surface area contributed by atoms with E-state index in [2.05, 4.69) is 22.2 Å². The molecule has 3 rings (SSSR count). The van der Waals surface area contributed by atoms with Gasteiger partial charge in [-0.3, -0.25) is 0 Å². The highest BCUT2D eigenvalue weighted by atomic mass is 35.5. The SMILES string of the molecule is Cc1c(C[C@H](C)N)n(C)c2nc(Cl)nc(NCc3ccco3)c12. The van der Waals surface area contributed by atoms with Gasteiger partial charge < -0.3 is 20.0 Å². The summed E-state index contributed by atoms with van der Waals surface area (Å²) in [4.78, 5) is 8.73.